The van der Waals surface area contributed by atoms with Gasteiger partial charge in [0.1, 0.15) is 0 Å². The molecule has 0 saturated heterocycles. The molecule has 0 amide bonds. The summed E-state index contributed by atoms with van der Waals surface area (Å²) in [5.74, 6) is 0.938. The Bertz CT molecular complexity index is 661. The van der Waals surface area contributed by atoms with Crippen molar-refractivity contribution >= 4 is 12.2 Å². The zero-order valence-electron chi connectivity index (χ0n) is 15.5. The number of aryl methyl sites for hydroxylation is 1. The molecule has 2 heteroatoms. The van der Waals surface area contributed by atoms with Crippen LogP contribution in [0, 0.1) is 5.92 Å². The van der Waals surface area contributed by atoms with Crippen molar-refractivity contribution < 1.29 is 4.79 Å². The van der Waals surface area contributed by atoms with E-state index in [9.17, 15) is 4.79 Å². The molecular weight excluding hydrogens is 294 g/mol. The van der Waals surface area contributed by atoms with Gasteiger partial charge < -0.3 is 0 Å². The largest absolute Gasteiger partial charge is 0.240 e. The SMILES string of the molecule is C/C=C\c1c(CC)cccc1C(C)CC(C)/C=C\C=C(/C)N=C=O. The maximum absolute atomic E-state index is 10.2. The Balaban J connectivity index is 2.88. The van der Waals surface area contributed by atoms with Crippen LogP contribution in [0.15, 0.2) is 53.2 Å². The molecule has 0 fully saturated rings. The van der Waals surface area contributed by atoms with Crippen LogP contribution in [-0.4, -0.2) is 6.08 Å². The summed E-state index contributed by atoms with van der Waals surface area (Å²) < 4.78 is 0. The van der Waals surface area contributed by atoms with Gasteiger partial charge >= 0.3 is 0 Å². The fraction of sp³-hybridized carbons (Fsp3) is 0.409. The molecule has 0 aliphatic rings. The molecule has 0 aromatic heterocycles. The highest BCUT2D eigenvalue weighted by molar-refractivity contribution is 5.59. The van der Waals surface area contributed by atoms with Crippen molar-refractivity contribution in [1.82, 2.24) is 0 Å². The van der Waals surface area contributed by atoms with Gasteiger partial charge in [-0.15, -0.1) is 0 Å². The smallest absolute Gasteiger partial charge is 0.211 e. The van der Waals surface area contributed by atoms with Crippen molar-refractivity contribution in [2.24, 2.45) is 10.9 Å². The monoisotopic (exact) mass is 323 g/mol. The number of benzene rings is 1. The second kappa shape index (κ2) is 10.6. The number of hydrogen-bond acceptors (Lipinski definition) is 2. The first-order chi connectivity index (χ1) is 11.5. The highest BCUT2D eigenvalue weighted by Crippen LogP contribution is 2.30. The standard InChI is InChI=1S/C22H29NO/c1-6-10-22-20(7-2)13-9-14-21(22)18(4)15-17(3)11-8-12-19(5)23-16-24/h6,8-14,17-18H,7,15H2,1-5H3/b10-6-,11-8-,19-12+. The lowest BCUT2D eigenvalue weighted by molar-refractivity contribution is 0.564. The number of allylic oxidation sites excluding steroid dienone is 5. The third-order valence-corrected chi connectivity index (χ3v) is 4.20. The van der Waals surface area contributed by atoms with E-state index in [2.05, 4.69) is 69.1 Å². The molecular formula is C22H29NO. The van der Waals surface area contributed by atoms with Gasteiger partial charge in [0.15, 0.2) is 0 Å². The number of nitrogens with zero attached hydrogens (tertiary/aromatic N) is 1. The van der Waals surface area contributed by atoms with Gasteiger partial charge in [0.25, 0.3) is 0 Å². The van der Waals surface area contributed by atoms with Gasteiger partial charge in [-0.2, -0.15) is 4.99 Å². The molecule has 2 atom stereocenters. The van der Waals surface area contributed by atoms with E-state index in [4.69, 9.17) is 0 Å². The summed E-state index contributed by atoms with van der Waals surface area (Å²) in [5, 5.41) is 0. The second-order valence-corrected chi connectivity index (χ2v) is 6.28. The van der Waals surface area contributed by atoms with E-state index < -0.39 is 0 Å². The molecule has 1 aromatic rings. The van der Waals surface area contributed by atoms with Gasteiger partial charge in [-0.25, -0.2) is 4.79 Å². The number of aliphatic imine (C=N–C) groups is 1. The lowest BCUT2D eigenvalue weighted by Gasteiger charge is -2.19. The van der Waals surface area contributed by atoms with Crippen LogP contribution in [0.4, 0.5) is 0 Å². The Morgan fingerprint density at radius 3 is 2.71 bits per heavy atom. The molecule has 0 radical (unpaired) electrons. The quantitative estimate of drug-likeness (QED) is 0.318. The van der Waals surface area contributed by atoms with Gasteiger partial charge in [-0.05, 0) is 61.3 Å². The van der Waals surface area contributed by atoms with Crippen molar-refractivity contribution in [3.8, 4) is 0 Å². The van der Waals surface area contributed by atoms with Gasteiger partial charge in [-0.3, -0.25) is 0 Å². The van der Waals surface area contributed by atoms with Crippen molar-refractivity contribution in [3.05, 3.63) is 64.9 Å². The number of isocyanates is 1. The summed E-state index contributed by atoms with van der Waals surface area (Å²) in [4.78, 5) is 13.8. The normalized spacial score (nSPS) is 14.8. The Labute approximate surface area is 146 Å². The maximum atomic E-state index is 10.2. The van der Waals surface area contributed by atoms with Crippen LogP contribution in [0.3, 0.4) is 0 Å². The average molecular weight is 323 g/mol. The first-order valence-corrected chi connectivity index (χ1v) is 8.70. The van der Waals surface area contributed by atoms with Crippen LogP contribution in [0.1, 0.15) is 63.6 Å². The van der Waals surface area contributed by atoms with E-state index in [1.54, 1.807) is 13.0 Å². The van der Waals surface area contributed by atoms with E-state index in [0.717, 1.165) is 12.8 Å². The summed E-state index contributed by atoms with van der Waals surface area (Å²) >= 11 is 0. The predicted molar refractivity (Wildman–Crippen MR) is 104 cm³/mol. The van der Waals surface area contributed by atoms with Crippen LogP contribution in [-0.2, 0) is 11.2 Å². The second-order valence-electron chi connectivity index (χ2n) is 6.28. The van der Waals surface area contributed by atoms with Crippen LogP contribution in [0.2, 0.25) is 0 Å². The first-order valence-electron chi connectivity index (χ1n) is 8.70. The highest BCUT2D eigenvalue weighted by atomic mass is 16.1. The molecule has 1 rings (SSSR count). The predicted octanol–water partition coefficient (Wildman–Crippen LogP) is 6.21. The first kappa shape index (κ1) is 19.9. The van der Waals surface area contributed by atoms with E-state index in [0.29, 0.717) is 17.5 Å². The zero-order valence-corrected chi connectivity index (χ0v) is 15.5. The minimum Gasteiger partial charge on any atom is -0.211 e. The maximum Gasteiger partial charge on any atom is 0.240 e. The van der Waals surface area contributed by atoms with Crippen LogP contribution < -0.4 is 0 Å². The molecule has 0 spiro atoms. The minimum atomic E-state index is 0.452. The Morgan fingerprint density at radius 1 is 1.33 bits per heavy atom. The summed E-state index contributed by atoms with van der Waals surface area (Å²) in [6.07, 6.45) is 14.0. The topological polar surface area (TPSA) is 29.4 Å². The van der Waals surface area contributed by atoms with Gasteiger partial charge in [0.2, 0.25) is 6.08 Å². The summed E-state index contributed by atoms with van der Waals surface area (Å²) in [6.45, 7) is 10.6. The number of carbonyl (C=O) groups excluding carboxylic acids is 1. The van der Waals surface area contributed by atoms with Crippen molar-refractivity contribution in [3.63, 3.8) is 0 Å². The van der Waals surface area contributed by atoms with E-state index in [-0.39, 0.29) is 0 Å². The summed E-state index contributed by atoms with van der Waals surface area (Å²) in [5.41, 5.74) is 4.88. The molecule has 24 heavy (non-hydrogen) atoms. The lowest BCUT2D eigenvalue weighted by atomic mass is 9.86. The van der Waals surface area contributed by atoms with Crippen molar-refractivity contribution in [2.45, 2.75) is 53.4 Å². The van der Waals surface area contributed by atoms with Crippen molar-refractivity contribution in [2.75, 3.05) is 0 Å². The average Bonchev–Trinajstić information content (AvgIpc) is 2.55. The highest BCUT2D eigenvalue weighted by Gasteiger charge is 2.13. The summed E-state index contributed by atoms with van der Waals surface area (Å²) in [6, 6.07) is 6.64. The van der Waals surface area contributed by atoms with E-state index >= 15 is 0 Å². The van der Waals surface area contributed by atoms with Crippen LogP contribution in [0.5, 0.6) is 0 Å². The molecule has 0 aliphatic carbocycles. The van der Waals surface area contributed by atoms with Crippen LogP contribution >= 0.6 is 0 Å². The molecule has 2 unspecified atom stereocenters. The summed E-state index contributed by atoms with van der Waals surface area (Å²) in [7, 11) is 0. The van der Waals surface area contributed by atoms with E-state index in [1.807, 2.05) is 12.2 Å². The molecule has 2 nitrogen and oxygen atoms in total. The van der Waals surface area contributed by atoms with Gasteiger partial charge in [0, 0.05) is 0 Å². The fourth-order valence-corrected chi connectivity index (χ4v) is 3.00. The zero-order chi connectivity index (χ0) is 17.9. The molecule has 0 saturated carbocycles. The molecule has 128 valence electrons. The fourth-order valence-electron chi connectivity index (χ4n) is 3.00. The van der Waals surface area contributed by atoms with Gasteiger partial charge in [-0.1, -0.05) is 63.3 Å². The van der Waals surface area contributed by atoms with Crippen LogP contribution in [0.25, 0.3) is 6.08 Å². The number of hydrogen-bond donors (Lipinski definition) is 0. The van der Waals surface area contributed by atoms with Crippen molar-refractivity contribution in [1.29, 1.82) is 0 Å². The molecule has 0 bridgehead atoms. The Hall–Kier alpha value is -2.18. The molecule has 0 aliphatic heterocycles. The lowest BCUT2D eigenvalue weighted by Crippen LogP contribution is -2.03. The molecule has 0 N–H and O–H groups in total. The molecule has 1 aromatic carbocycles. The Kier molecular flexibility index (Phi) is 8.75. The van der Waals surface area contributed by atoms with Gasteiger partial charge in [0.05, 0.1) is 5.70 Å². The molecule has 0 heterocycles. The third-order valence-electron chi connectivity index (χ3n) is 4.20. The Morgan fingerprint density at radius 2 is 2.08 bits per heavy atom. The third kappa shape index (κ3) is 6.14. The number of rotatable bonds is 8. The minimum absolute atomic E-state index is 0.452. The van der Waals surface area contributed by atoms with E-state index in [1.165, 1.54) is 16.7 Å².